The van der Waals surface area contributed by atoms with E-state index in [1.165, 1.54) is 6.20 Å². The van der Waals surface area contributed by atoms with Crippen molar-refractivity contribution in [1.29, 1.82) is 0 Å². The van der Waals surface area contributed by atoms with Gasteiger partial charge in [0.15, 0.2) is 0 Å². The van der Waals surface area contributed by atoms with E-state index in [-0.39, 0.29) is 0 Å². The first-order valence-electron chi connectivity index (χ1n) is 6.73. The number of hydrogen-bond acceptors (Lipinski definition) is 3. The Hall–Kier alpha value is -3.21. The zero-order valence-corrected chi connectivity index (χ0v) is 11.7. The fraction of sp³-hybridized carbons (Fsp3) is 0. The molecule has 0 saturated heterocycles. The molecule has 0 bridgehead atoms. The average molecular weight is 291 g/mol. The molecule has 0 atom stereocenters. The lowest BCUT2D eigenvalue weighted by Crippen LogP contribution is -2.13. The van der Waals surface area contributed by atoms with Crippen LogP contribution in [0.4, 0.5) is 4.79 Å². The van der Waals surface area contributed by atoms with Crippen LogP contribution in [-0.2, 0) is 0 Å². The minimum atomic E-state index is -0.675. The fourth-order valence-electron chi connectivity index (χ4n) is 1.87. The minimum absolute atomic E-state index is 0.438. The summed E-state index contributed by atoms with van der Waals surface area (Å²) in [6, 6.07) is 20.2. The molecule has 0 spiro atoms. The van der Waals surface area contributed by atoms with Gasteiger partial charge in [-0.2, -0.15) is 10.1 Å². The Balaban J connectivity index is 1.76. The summed E-state index contributed by atoms with van der Waals surface area (Å²) < 4.78 is 6.79. The van der Waals surface area contributed by atoms with Crippen LogP contribution in [0, 0.1) is 0 Å². The lowest BCUT2D eigenvalue weighted by Gasteiger charge is -2.03. The lowest BCUT2D eigenvalue weighted by atomic mass is 10.3. The van der Waals surface area contributed by atoms with Gasteiger partial charge >= 0.3 is 6.09 Å². The Morgan fingerprint density at radius 1 is 0.955 bits per heavy atom. The van der Waals surface area contributed by atoms with E-state index in [2.05, 4.69) is 10.1 Å². The summed E-state index contributed by atoms with van der Waals surface area (Å²) >= 11 is 0. The van der Waals surface area contributed by atoms with Crippen LogP contribution in [0.15, 0.2) is 84.1 Å². The standard InChI is InChI=1S/C17H13N3O2/c21-17(22-16-9-5-2-6-10-16)19-14-11-12-20(18-13-14)15-7-3-1-4-8-15/h1-13H/b19-14+. The van der Waals surface area contributed by atoms with Gasteiger partial charge in [-0.15, -0.1) is 0 Å². The Kier molecular flexibility index (Phi) is 4.06. The molecule has 0 aliphatic rings. The normalized spacial score (nSPS) is 11.2. The monoisotopic (exact) mass is 291 g/mol. The van der Waals surface area contributed by atoms with Gasteiger partial charge in [-0.05, 0) is 30.3 Å². The first-order valence-corrected chi connectivity index (χ1v) is 6.73. The van der Waals surface area contributed by atoms with E-state index in [0.29, 0.717) is 11.1 Å². The molecule has 1 heterocycles. The van der Waals surface area contributed by atoms with E-state index in [0.717, 1.165) is 5.69 Å². The zero-order valence-electron chi connectivity index (χ0n) is 11.7. The van der Waals surface area contributed by atoms with E-state index >= 15 is 0 Å². The van der Waals surface area contributed by atoms with Crippen molar-refractivity contribution in [3.05, 3.63) is 84.5 Å². The van der Waals surface area contributed by atoms with Crippen LogP contribution < -0.4 is 10.1 Å². The highest BCUT2D eigenvalue weighted by Gasteiger charge is 2.01. The summed E-state index contributed by atoms with van der Waals surface area (Å²) in [6.45, 7) is 0. The summed E-state index contributed by atoms with van der Waals surface area (Å²) in [4.78, 5) is 15.6. The summed E-state index contributed by atoms with van der Waals surface area (Å²) in [5.74, 6) is 0.458. The third kappa shape index (κ3) is 3.46. The summed E-state index contributed by atoms with van der Waals surface area (Å²) in [6.07, 6.45) is 2.58. The third-order valence-electron chi connectivity index (χ3n) is 2.89. The van der Waals surface area contributed by atoms with Crippen LogP contribution in [0.5, 0.6) is 5.75 Å². The fourth-order valence-corrected chi connectivity index (χ4v) is 1.87. The molecule has 0 radical (unpaired) electrons. The van der Waals surface area contributed by atoms with Crippen molar-refractivity contribution in [2.75, 3.05) is 0 Å². The van der Waals surface area contributed by atoms with Crippen molar-refractivity contribution in [1.82, 2.24) is 9.78 Å². The molecule has 0 aliphatic carbocycles. The quantitative estimate of drug-likeness (QED) is 0.729. The molecule has 108 valence electrons. The molecule has 1 aromatic heterocycles. The third-order valence-corrected chi connectivity index (χ3v) is 2.89. The SMILES string of the molecule is O=C(/N=c1\ccn(-c2ccccc2)nc1)Oc1ccccc1. The number of para-hydroxylation sites is 2. The van der Waals surface area contributed by atoms with Gasteiger partial charge in [-0.1, -0.05) is 36.4 Å². The molecule has 3 rings (SSSR count). The predicted octanol–water partition coefficient (Wildman–Crippen LogP) is 2.97. The van der Waals surface area contributed by atoms with Crippen molar-refractivity contribution in [3.63, 3.8) is 0 Å². The number of carbonyl (C=O) groups excluding carboxylic acids is 1. The van der Waals surface area contributed by atoms with E-state index < -0.39 is 6.09 Å². The molecule has 3 aromatic rings. The highest BCUT2D eigenvalue weighted by molar-refractivity contribution is 5.71. The Labute approximate surface area is 127 Å². The highest BCUT2D eigenvalue weighted by atomic mass is 16.5. The van der Waals surface area contributed by atoms with Crippen molar-refractivity contribution in [2.45, 2.75) is 0 Å². The lowest BCUT2D eigenvalue weighted by molar-refractivity contribution is 0.210. The van der Waals surface area contributed by atoms with Crippen molar-refractivity contribution >= 4 is 6.09 Å². The maximum Gasteiger partial charge on any atom is 0.439 e. The number of ether oxygens (including phenoxy) is 1. The molecule has 5 nitrogen and oxygen atoms in total. The van der Waals surface area contributed by atoms with Crippen molar-refractivity contribution in [3.8, 4) is 11.4 Å². The molecule has 0 saturated carbocycles. The van der Waals surface area contributed by atoms with Crippen LogP contribution in [0.25, 0.3) is 5.69 Å². The maximum atomic E-state index is 11.7. The van der Waals surface area contributed by atoms with Gasteiger partial charge in [-0.3, -0.25) is 0 Å². The predicted molar refractivity (Wildman–Crippen MR) is 81.6 cm³/mol. The van der Waals surface area contributed by atoms with Crippen LogP contribution in [-0.4, -0.2) is 15.9 Å². The maximum absolute atomic E-state index is 11.7. The van der Waals surface area contributed by atoms with E-state index in [4.69, 9.17) is 4.74 Å². The molecule has 2 aromatic carbocycles. The van der Waals surface area contributed by atoms with Gasteiger partial charge < -0.3 is 4.74 Å². The number of amides is 1. The van der Waals surface area contributed by atoms with E-state index in [1.807, 2.05) is 36.4 Å². The molecule has 0 aliphatic heterocycles. The van der Waals surface area contributed by atoms with Gasteiger partial charge in [0.1, 0.15) is 5.75 Å². The molecule has 22 heavy (non-hydrogen) atoms. The number of rotatable bonds is 2. The molecule has 0 fully saturated rings. The molecule has 0 N–H and O–H groups in total. The van der Waals surface area contributed by atoms with Crippen LogP contribution in [0.2, 0.25) is 0 Å². The van der Waals surface area contributed by atoms with Crippen molar-refractivity contribution in [2.24, 2.45) is 4.99 Å². The van der Waals surface area contributed by atoms with Gasteiger partial charge in [0.2, 0.25) is 0 Å². The van der Waals surface area contributed by atoms with Crippen molar-refractivity contribution < 1.29 is 9.53 Å². The molecule has 1 amide bonds. The highest BCUT2D eigenvalue weighted by Crippen LogP contribution is 2.08. The van der Waals surface area contributed by atoms with Gasteiger partial charge in [0.25, 0.3) is 0 Å². The average Bonchev–Trinajstić information content (AvgIpc) is 2.57. The second-order valence-electron chi connectivity index (χ2n) is 4.46. The molecular weight excluding hydrogens is 278 g/mol. The number of aromatic nitrogens is 2. The second kappa shape index (κ2) is 6.49. The summed E-state index contributed by atoms with van der Waals surface area (Å²) in [5, 5.41) is 4.66. The molecule has 0 unspecified atom stereocenters. The first kappa shape index (κ1) is 13.8. The van der Waals surface area contributed by atoms with Crippen LogP contribution >= 0.6 is 0 Å². The van der Waals surface area contributed by atoms with E-state index in [9.17, 15) is 4.79 Å². The van der Waals surface area contributed by atoms with Gasteiger partial charge in [-0.25, -0.2) is 9.48 Å². The Bertz CT molecular complexity index is 807. The van der Waals surface area contributed by atoms with Gasteiger partial charge in [0.05, 0.1) is 17.2 Å². The van der Waals surface area contributed by atoms with Crippen LogP contribution in [0.1, 0.15) is 0 Å². The smallest absolute Gasteiger partial charge is 0.409 e. The number of hydrogen-bond donors (Lipinski definition) is 0. The molecular formula is C17H13N3O2. The number of carbonyl (C=O) groups is 1. The summed E-state index contributed by atoms with van der Waals surface area (Å²) in [5.41, 5.74) is 0.931. The number of benzene rings is 2. The van der Waals surface area contributed by atoms with Crippen LogP contribution in [0.3, 0.4) is 0 Å². The zero-order chi connectivity index (χ0) is 15.2. The summed E-state index contributed by atoms with van der Waals surface area (Å²) in [7, 11) is 0. The first-order chi connectivity index (χ1) is 10.8. The largest absolute Gasteiger partial charge is 0.439 e. The van der Waals surface area contributed by atoms with Gasteiger partial charge in [0, 0.05) is 6.20 Å². The number of nitrogens with zero attached hydrogens (tertiary/aromatic N) is 3. The Morgan fingerprint density at radius 2 is 1.64 bits per heavy atom. The second-order valence-corrected chi connectivity index (χ2v) is 4.46. The molecule has 5 heteroatoms. The minimum Gasteiger partial charge on any atom is -0.409 e. The topological polar surface area (TPSA) is 56.5 Å². The van der Waals surface area contributed by atoms with E-state index in [1.54, 1.807) is 41.2 Å². The Morgan fingerprint density at radius 3 is 2.27 bits per heavy atom.